The maximum absolute atomic E-state index is 13.2. The molecule has 3 aliphatic rings. The van der Waals surface area contributed by atoms with Crippen molar-refractivity contribution in [2.75, 3.05) is 58.3 Å². The molecule has 8 nitrogen and oxygen atoms in total. The zero-order valence-electron chi connectivity index (χ0n) is 18.6. The summed E-state index contributed by atoms with van der Waals surface area (Å²) < 4.78 is 15.3. The number of likely N-dealkylation sites (N-methyl/N-ethyl adjacent to an activating group) is 2. The molecule has 0 aliphatic carbocycles. The number of hydrogen-bond donors (Lipinski definition) is 0. The molecule has 3 aliphatic heterocycles. The van der Waals surface area contributed by atoms with Gasteiger partial charge < -0.3 is 4.90 Å². The summed E-state index contributed by atoms with van der Waals surface area (Å²) in [5.74, 6) is 1.26. The number of rotatable bonds is 5. The summed E-state index contributed by atoms with van der Waals surface area (Å²) in [5, 5.41) is 0. The van der Waals surface area contributed by atoms with Crippen LogP contribution in [-0.4, -0.2) is 102 Å². The van der Waals surface area contributed by atoms with Gasteiger partial charge in [0.15, 0.2) is 0 Å². The van der Waals surface area contributed by atoms with Crippen molar-refractivity contribution < 1.29 is 18.6 Å². The van der Waals surface area contributed by atoms with E-state index in [-0.39, 0.29) is 17.8 Å². The summed E-state index contributed by atoms with van der Waals surface area (Å²) >= 11 is 0. The van der Waals surface area contributed by atoms with E-state index in [1.807, 2.05) is 12.1 Å². The van der Waals surface area contributed by atoms with Gasteiger partial charge in [-0.2, -0.15) is 0 Å². The quantitative estimate of drug-likeness (QED) is 0.663. The van der Waals surface area contributed by atoms with E-state index in [2.05, 4.69) is 28.2 Å². The van der Waals surface area contributed by atoms with Crippen molar-refractivity contribution in [1.29, 1.82) is 0 Å². The molecule has 1 atom stereocenters. The van der Waals surface area contributed by atoms with Crippen molar-refractivity contribution in [2.45, 2.75) is 19.9 Å². The second-order valence-electron chi connectivity index (χ2n) is 8.81. The smallest absolute Gasteiger partial charge is 0.333 e. The number of carbonyl (C=O) groups is 2. The number of halogens is 1. The maximum atomic E-state index is 13.2. The third kappa shape index (κ3) is 4.06. The second-order valence-corrected chi connectivity index (χ2v) is 8.81. The Labute approximate surface area is 182 Å². The van der Waals surface area contributed by atoms with Crippen LogP contribution in [0.5, 0.6) is 0 Å². The van der Waals surface area contributed by atoms with Gasteiger partial charge in [0, 0.05) is 46.0 Å². The SMILES string of the molecule is CC(C)C[N+]1=C(CN2CCN(c3ccc(F)cc3)CC2)N=C2C1C(=O)N(C)C(=O)N2C. The monoisotopic (exact) mass is 429 g/mol. The summed E-state index contributed by atoms with van der Waals surface area (Å²) in [6.45, 7) is 8.91. The van der Waals surface area contributed by atoms with Crippen LogP contribution in [0.15, 0.2) is 29.3 Å². The number of carbonyl (C=O) groups excluding carboxylic acids is 2. The molecular formula is C22H30FN6O2+. The normalized spacial score (nSPS) is 22.6. The Balaban J connectivity index is 1.50. The standard InChI is InChI=1S/C22H30FN6O2/c1-15(2)13-29-18(24-20-19(29)21(30)26(4)22(31)25(20)3)14-27-9-11-28(12-10-27)17-7-5-16(23)6-8-17/h5-8,15,19H,9-14H2,1-4H3/q+1. The van der Waals surface area contributed by atoms with Crippen LogP contribution < -0.4 is 4.90 Å². The molecule has 31 heavy (non-hydrogen) atoms. The third-order valence-corrected chi connectivity index (χ3v) is 6.10. The summed E-state index contributed by atoms with van der Waals surface area (Å²) in [6.07, 6.45) is 0. The number of aliphatic imine (C=N–C) groups is 1. The van der Waals surface area contributed by atoms with Gasteiger partial charge in [0.2, 0.25) is 0 Å². The summed E-state index contributed by atoms with van der Waals surface area (Å²) in [5.41, 5.74) is 1.02. The molecule has 0 bridgehead atoms. The van der Waals surface area contributed by atoms with Crippen molar-refractivity contribution in [2.24, 2.45) is 10.9 Å². The molecular weight excluding hydrogens is 399 g/mol. The summed E-state index contributed by atoms with van der Waals surface area (Å²) in [7, 11) is 3.20. The minimum Gasteiger partial charge on any atom is -0.369 e. The molecule has 166 valence electrons. The first-order valence-electron chi connectivity index (χ1n) is 10.8. The molecule has 0 saturated carbocycles. The molecule has 2 saturated heterocycles. The number of imide groups is 1. The number of nitrogens with zero attached hydrogens (tertiary/aromatic N) is 6. The van der Waals surface area contributed by atoms with E-state index in [0.717, 1.165) is 37.7 Å². The Kier molecular flexibility index (Phi) is 5.79. The van der Waals surface area contributed by atoms with Gasteiger partial charge in [-0.1, -0.05) is 13.8 Å². The number of amides is 3. The predicted molar refractivity (Wildman–Crippen MR) is 117 cm³/mol. The number of piperazine rings is 1. The average Bonchev–Trinajstić information content (AvgIpc) is 3.09. The second kappa shape index (κ2) is 8.37. The minimum absolute atomic E-state index is 0.223. The maximum Gasteiger partial charge on any atom is 0.333 e. The number of amidine groups is 2. The van der Waals surface area contributed by atoms with Crippen LogP contribution in [0.25, 0.3) is 0 Å². The van der Waals surface area contributed by atoms with E-state index in [1.54, 1.807) is 7.05 Å². The van der Waals surface area contributed by atoms with Crippen LogP contribution in [0.3, 0.4) is 0 Å². The number of hydrogen-bond acceptors (Lipinski definition) is 5. The molecule has 3 amide bonds. The van der Waals surface area contributed by atoms with Crippen LogP contribution in [-0.2, 0) is 4.79 Å². The van der Waals surface area contributed by atoms with Gasteiger partial charge >= 0.3 is 11.9 Å². The topological polar surface area (TPSA) is 62.5 Å². The van der Waals surface area contributed by atoms with Crippen LogP contribution in [0.2, 0.25) is 0 Å². The molecule has 0 spiro atoms. The Morgan fingerprint density at radius 1 is 1.06 bits per heavy atom. The molecule has 1 aromatic rings. The van der Waals surface area contributed by atoms with Gasteiger partial charge in [-0.25, -0.2) is 13.8 Å². The lowest BCUT2D eigenvalue weighted by atomic mass is 10.1. The fraction of sp³-hybridized carbons (Fsp3) is 0.545. The molecule has 0 N–H and O–H groups in total. The fourth-order valence-corrected chi connectivity index (χ4v) is 4.40. The first-order chi connectivity index (χ1) is 14.8. The molecule has 1 unspecified atom stereocenters. The minimum atomic E-state index is -0.536. The van der Waals surface area contributed by atoms with E-state index < -0.39 is 6.04 Å². The predicted octanol–water partition coefficient (Wildman–Crippen LogP) is 1.32. The molecule has 0 aromatic heterocycles. The number of benzene rings is 1. The van der Waals surface area contributed by atoms with Crippen molar-refractivity contribution in [3.8, 4) is 0 Å². The molecule has 4 rings (SSSR count). The molecule has 3 heterocycles. The highest BCUT2D eigenvalue weighted by atomic mass is 19.1. The van der Waals surface area contributed by atoms with Crippen molar-refractivity contribution in [1.82, 2.24) is 14.7 Å². The van der Waals surface area contributed by atoms with E-state index >= 15 is 0 Å². The molecule has 0 radical (unpaired) electrons. The van der Waals surface area contributed by atoms with E-state index in [4.69, 9.17) is 4.99 Å². The van der Waals surface area contributed by atoms with Crippen molar-refractivity contribution >= 4 is 29.3 Å². The lowest BCUT2D eigenvalue weighted by Gasteiger charge is -2.35. The summed E-state index contributed by atoms with van der Waals surface area (Å²) in [6, 6.07) is 5.72. The van der Waals surface area contributed by atoms with Crippen LogP contribution in [0.4, 0.5) is 14.9 Å². The van der Waals surface area contributed by atoms with Gasteiger partial charge in [-0.05, 0) is 35.2 Å². The fourth-order valence-electron chi connectivity index (χ4n) is 4.40. The number of fused-ring (bicyclic) bond motifs is 1. The van der Waals surface area contributed by atoms with E-state index in [0.29, 0.717) is 24.8 Å². The third-order valence-electron chi connectivity index (χ3n) is 6.10. The lowest BCUT2D eigenvalue weighted by Crippen LogP contribution is -2.61. The highest BCUT2D eigenvalue weighted by Gasteiger charge is 2.53. The highest BCUT2D eigenvalue weighted by molar-refractivity contribution is 6.23. The first-order valence-corrected chi connectivity index (χ1v) is 10.8. The number of urea groups is 1. The molecule has 2 fully saturated rings. The van der Waals surface area contributed by atoms with E-state index in [1.165, 1.54) is 29.0 Å². The van der Waals surface area contributed by atoms with Crippen molar-refractivity contribution in [3.05, 3.63) is 30.1 Å². The van der Waals surface area contributed by atoms with E-state index in [9.17, 15) is 14.0 Å². The molecule has 9 heteroatoms. The Morgan fingerprint density at radius 2 is 1.71 bits per heavy atom. The van der Waals surface area contributed by atoms with Crippen LogP contribution in [0, 0.1) is 11.7 Å². The average molecular weight is 430 g/mol. The van der Waals surface area contributed by atoms with Crippen LogP contribution >= 0.6 is 0 Å². The van der Waals surface area contributed by atoms with Crippen molar-refractivity contribution in [3.63, 3.8) is 0 Å². The zero-order chi connectivity index (χ0) is 22.3. The van der Waals surface area contributed by atoms with Gasteiger partial charge in [0.05, 0.1) is 6.54 Å². The summed E-state index contributed by atoms with van der Waals surface area (Å²) in [4.78, 5) is 37.3. The van der Waals surface area contributed by atoms with Crippen LogP contribution in [0.1, 0.15) is 13.8 Å². The molecule has 1 aromatic carbocycles. The Bertz CT molecular complexity index is 934. The van der Waals surface area contributed by atoms with Gasteiger partial charge in [0.25, 0.3) is 17.8 Å². The Morgan fingerprint density at radius 3 is 2.32 bits per heavy atom. The van der Waals surface area contributed by atoms with Gasteiger partial charge in [0.1, 0.15) is 12.4 Å². The largest absolute Gasteiger partial charge is 0.369 e. The Hall–Kier alpha value is -2.81. The first kappa shape index (κ1) is 21.4. The zero-order valence-corrected chi connectivity index (χ0v) is 18.6. The number of anilines is 1. The highest BCUT2D eigenvalue weighted by Crippen LogP contribution is 2.21. The van der Waals surface area contributed by atoms with Gasteiger partial charge in [-0.3, -0.25) is 19.5 Å². The lowest BCUT2D eigenvalue weighted by molar-refractivity contribution is -0.542. The van der Waals surface area contributed by atoms with Gasteiger partial charge in [-0.15, -0.1) is 0 Å².